The van der Waals surface area contributed by atoms with Crippen molar-refractivity contribution in [3.8, 4) is 0 Å². The van der Waals surface area contributed by atoms with Crippen molar-refractivity contribution in [3.05, 3.63) is 0 Å². The van der Waals surface area contributed by atoms with E-state index in [9.17, 15) is 13.2 Å². The van der Waals surface area contributed by atoms with Crippen LogP contribution in [0.3, 0.4) is 0 Å². The molecule has 0 fully saturated rings. The lowest BCUT2D eigenvalue weighted by molar-refractivity contribution is -0.137. The van der Waals surface area contributed by atoms with Crippen LogP contribution < -0.4 is 4.72 Å². The standard InChI is InChI=1S/C10H21NO5S/c1-10(2,3)8(5-6-12)11-17(14,15)7-9(13)16-4/h8,11-12H,5-7H2,1-4H3. The Morgan fingerprint density at radius 2 is 1.94 bits per heavy atom. The molecule has 1 atom stereocenters. The molecule has 0 aliphatic rings. The van der Waals surface area contributed by atoms with E-state index < -0.39 is 27.8 Å². The first-order valence-electron chi connectivity index (χ1n) is 5.30. The molecule has 0 aliphatic carbocycles. The molecule has 0 spiro atoms. The zero-order valence-corrected chi connectivity index (χ0v) is 11.5. The van der Waals surface area contributed by atoms with Gasteiger partial charge in [0.2, 0.25) is 10.0 Å². The predicted molar refractivity (Wildman–Crippen MR) is 63.9 cm³/mol. The maximum atomic E-state index is 11.6. The molecule has 0 aromatic carbocycles. The van der Waals surface area contributed by atoms with Crippen LogP contribution in [-0.2, 0) is 19.6 Å². The Hall–Kier alpha value is -0.660. The zero-order valence-electron chi connectivity index (χ0n) is 10.7. The van der Waals surface area contributed by atoms with E-state index in [2.05, 4.69) is 9.46 Å². The Bertz CT molecular complexity index is 344. The van der Waals surface area contributed by atoms with Gasteiger partial charge in [-0.3, -0.25) is 4.79 Å². The first kappa shape index (κ1) is 16.3. The van der Waals surface area contributed by atoms with Crippen LogP contribution in [0.25, 0.3) is 0 Å². The van der Waals surface area contributed by atoms with Crippen molar-refractivity contribution in [2.45, 2.75) is 33.2 Å². The summed E-state index contributed by atoms with van der Waals surface area (Å²) in [4.78, 5) is 10.9. The molecular weight excluding hydrogens is 246 g/mol. The summed E-state index contributed by atoms with van der Waals surface area (Å²) in [5.41, 5.74) is -0.341. The second kappa shape index (κ2) is 6.32. The Balaban J connectivity index is 4.70. The molecule has 1 unspecified atom stereocenters. The summed E-state index contributed by atoms with van der Waals surface area (Å²) in [7, 11) is -2.60. The molecule has 0 rings (SSSR count). The number of hydrogen-bond donors (Lipinski definition) is 2. The number of aliphatic hydroxyl groups is 1. The number of esters is 1. The van der Waals surface area contributed by atoms with Crippen molar-refractivity contribution in [1.29, 1.82) is 0 Å². The minimum absolute atomic E-state index is 0.122. The van der Waals surface area contributed by atoms with E-state index in [0.29, 0.717) is 6.42 Å². The van der Waals surface area contributed by atoms with Gasteiger partial charge in [-0.2, -0.15) is 0 Å². The molecule has 0 bridgehead atoms. The van der Waals surface area contributed by atoms with E-state index in [1.165, 1.54) is 0 Å². The topological polar surface area (TPSA) is 92.7 Å². The van der Waals surface area contributed by atoms with Crippen molar-refractivity contribution in [2.75, 3.05) is 19.5 Å². The van der Waals surface area contributed by atoms with Gasteiger partial charge in [0.05, 0.1) is 7.11 Å². The van der Waals surface area contributed by atoms with Crippen LogP contribution in [0.2, 0.25) is 0 Å². The first-order valence-corrected chi connectivity index (χ1v) is 6.95. The maximum Gasteiger partial charge on any atom is 0.322 e. The molecule has 0 aromatic heterocycles. The lowest BCUT2D eigenvalue weighted by Gasteiger charge is -2.30. The molecule has 0 heterocycles. The number of nitrogens with one attached hydrogen (secondary N) is 1. The highest BCUT2D eigenvalue weighted by molar-refractivity contribution is 7.90. The van der Waals surface area contributed by atoms with E-state index in [-0.39, 0.29) is 12.0 Å². The molecule has 0 aromatic rings. The van der Waals surface area contributed by atoms with Crippen molar-refractivity contribution in [3.63, 3.8) is 0 Å². The second-order valence-electron chi connectivity index (χ2n) is 4.88. The average Bonchev–Trinajstić information content (AvgIpc) is 2.14. The maximum absolute atomic E-state index is 11.6. The molecule has 0 saturated carbocycles. The van der Waals surface area contributed by atoms with Gasteiger partial charge in [0.1, 0.15) is 0 Å². The fourth-order valence-electron chi connectivity index (χ4n) is 1.27. The summed E-state index contributed by atoms with van der Waals surface area (Å²) in [6.45, 7) is 5.44. The third-order valence-corrected chi connectivity index (χ3v) is 3.58. The lowest BCUT2D eigenvalue weighted by Crippen LogP contribution is -2.46. The van der Waals surface area contributed by atoms with Crippen LogP contribution in [-0.4, -0.2) is 45.0 Å². The Labute approximate surface area is 102 Å². The van der Waals surface area contributed by atoms with Crippen LogP contribution in [0.4, 0.5) is 0 Å². The third kappa shape index (κ3) is 6.60. The fraction of sp³-hybridized carbons (Fsp3) is 0.900. The monoisotopic (exact) mass is 267 g/mol. The van der Waals surface area contributed by atoms with Crippen molar-refractivity contribution in [1.82, 2.24) is 4.72 Å². The highest BCUT2D eigenvalue weighted by Crippen LogP contribution is 2.22. The smallest absolute Gasteiger partial charge is 0.322 e. The largest absolute Gasteiger partial charge is 0.468 e. The van der Waals surface area contributed by atoms with E-state index in [0.717, 1.165) is 7.11 Å². The zero-order chi connectivity index (χ0) is 13.7. The highest BCUT2D eigenvalue weighted by atomic mass is 32.2. The van der Waals surface area contributed by atoms with Crippen LogP contribution in [0.5, 0.6) is 0 Å². The minimum Gasteiger partial charge on any atom is -0.468 e. The Morgan fingerprint density at radius 1 is 1.41 bits per heavy atom. The average molecular weight is 267 g/mol. The molecule has 0 amide bonds. The highest BCUT2D eigenvalue weighted by Gasteiger charge is 2.29. The van der Waals surface area contributed by atoms with Gasteiger partial charge in [-0.1, -0.05) is 20.8 Å². The molecule has 6 nitrogen and oxygen atoms in total. The molecule has 0 aliphatic heterocycles. The van der Waals surface area contributed by atoms with Crippen LogP contribution in [0.15, 0.2) is 0 Å². The van der Waals surface area contributed by atoms with E-state index >= 15 is 0 Å². The summed E-state index contributed by atoms with van der Waals surface area (Å²) in [6.07, 6.45) is 0.296. The van der Waals surface area contributed by atoms with Crippen molar-refractivity contribution >= 4 is 16.0 Å². The normalized spacial score (nSPS) is 14.4. The summed E-state index contributed by atoms with van der Waals surface area (Å²) in [6, 6.07) is -0.429. The van der Waals surface area contributed by atoms with Crippen LogP contribution in [0.1, 0.15) is 27.2 Å². The first-order chi connectivity index (χ1) is 7.62. The van der Waals surface area contributed by atoms with Gasteiger partial charge < -0.3 is 9.84 Å². The summed E-state index contributed by atoms with van der Waals surface area (Å²) in [5.74, 6) is -1.52. The van der Waals surface area contributed by atoms with Gasteiger partial charge in [-0.25, -0.2) is 13.1 Å². The number of hydrogen-bond acceptors (Lipinski definition) is 5. The van der Waals surface area contributed by atoms with Crippen molar-refractivity contribution < 1.29 is 23.1 Å². The van der Waals surface area contributed by atoms with Crippen LogP contribution >= 0.6 is 0 Å². The minimum atomic E-state index is -3.73. The number of sulfonamides is 1. The van der Waals surface area contributed by atoms with Gasteiger partial charge in [0, 0.05) is 12.6 Å². The molecule has 0 radical (unpaired) electrons. The number of aliphatic hydroxyl groups excluding tert-OH is 1. The number of rotatable bonds is 6. The quantitative estimate of drug-likeness (QED) is 0.654. The second-order valence-corrected chi connectivity index (χ2v) is 6.64. The third-order valence-electron chi connectivity index (χ3n) is 2.32. The van der Waals surface area contributed by atoms with E-state index in [1.807, 2.05) is 20.8 Å². The number of carbonyl (C=O) groups excluding carboxylic acids is 1. The van der Waals surface area contributed by atoms with Gasteiger partial charge >= 0.3 is 5.97 Å². The van der Waals surface area contributed by atoms with Crippen molar-refractivity contribution in [2.24, 2.45) is 5.41 Å². The Kier molecular flexibility index (Phi) is 6.08. The number of methoxy groups -OCH3 is 1. The summed E-state index contributed by atoms with van der Waals surface area (Å²) < 4.78 is 30.0. The molecule has 0 saturated heterocycles. The van der Waals surface area contributed by atoms with Gasteiger partial charge in [-0.15, -0.1) is 0 Å². The predicted octanol–water partition coefficient (Wildman–Crippen LogP) is -0.124. The molecule has 7 heteroatoms. The number of ether oxygens (including phenoxy) is 1. The summed E-state index contributed by atoms with van der Waals surface area (Å²) >= 11 is 0. The van der Waals surface area contributed by atoms with E-state index in [1.54, 1.807) is 0 Å². The summed E-state index contributed by atoms with van der Waals surface area (Å²) in [5, 5.41) is 8.90. The lowest BCUT2D eigenvalue weighted by atomic mass is 9.86. The molecule has 102 valence electrons. The fourth-order valence-corrected chi connectivity index (χ4v) is 2.69. The molecule has 17 heavy (non-hydrogen) atoms. The number of carbonyl (C=O) groups is 1. The molecule has 2 N–H and O–H groups in total. The van der Waals surface area contributed by atoms with Gasteiger partial charge in [-0.05, 0) is 11.8 Å². The van der Waals surface area contributed by atoms with Gasteiger partial charge in [0.25, 0.3) is 0 Å². The van der Waals surface area contributed by atoms with Gasteiger partial charge in [0.15, 0.2) is 5.75 Å². The van der Waals surface area contributed by atoms with Crippen LogP contribution in [0, 0.1) is 5.41 Å². The SMILES string of the molecule is COC(=O)CS(=O)(=O)NC(CCO)C(C)(C)C. The van der Waals surface area contributed by atoms with E-state index in [4.69, 9.17) is 5.11 Å². The molecular formula is C10H21NO5S. The Morgan fingerprint density at radius 3 is 2.29 bits per heavy atom.